The molecule has 138 valence electrons. The van der Waals surface area contributed by atoms with Crippen molar-refractivity contribution in [2.45, 2.75) is 51.5 Å². The lowest BCUT2D eigenvalue weighted by atomic mass is 9.96. The maximum Gasteiger partial charge on any atom is 0.248 e. The summed E-state index contributed by atoms with van der Waals surface area (Å²) in [4.78, 5) is 33.5. The van der Waals surface area contributed by atoms with E-state index in [-0.39, 0.29) is 18.2 Å². The number of aromatic nitrogens is 2. The van der Waals surface area contributed by atoms with Crippen molar-refractivity contribution < 1.29 is 18.8 Å². The van der Waals surface area contributed by atoms with Crippen LogP contribution in [0, 0.1) is 0 Å². The van der Waals surface area contributed by atoms with Crippen molar-refractivity contribution in [1.82, 2.24) is 19.9 Å². The predicted octanol–water partition coefficient (Wildman–Crippen LogP) is 0.805. The van der Waals surface area contributed by atoms with Gasteiger partial charge >= 0.3 is 0 Å². The van der Waals surface area contributed by atoms with Crippen molar-refractivity contribution in [3.8, 4) is 0 Å². The third-order valence-electron chi connectivity index (χ3n) is 5.08. The molecule has 2 saturated heterocycles. The van der Waals surface area contributed by atoms with Crippen LogP contribution in [-0.4, -0.2) is 70.1 Å². The molecule has 0 unspecified atom stereocenters. The second-order valence-corrected chi connectivity index (χ2v) is 6.79. The second-order valence-electron chi connectivity index (χ2n) is 6.79. The van der Waals surface area contributed by atoms with E-state index in [1.807, 2.05) is 18.7 Å². The number of likely N-dealkylation sites (tertiary alicyclic amines) is 1. The summed E-state index contributed by atoms with van der Waals surface area (Å²) >= 11 is 0. The van der Waals surface area contributed by atoms with Crippen LogP contribution in [0.15, 0.2) is 4.52 Å². The van der Waals surface area contributed by atoms with E-state index < -0.39 is 5.54 Å². The van der Waals surface area contributed by atoms with Gasteiger partial charge in [-0.15, -0.1) is 0 Å². The van der Waals surface area contributed by atoms with Gasteiger partial charge < -0.3 is 19.1 Å². The minimum atomic E-state index is -0.752. The molecule has 0 radical (unpaired) electrons. The number of amides is 2. The van der Waals surface area contributed by atoms with Crippen LogP contribution < -0.4 is 0 Å². The zero-order chi connectivity index (χ0) is 17.9. The first-order chi connectivity index (χ1) is 12.0. The fourth-order valence-corrected chi connectivity index (χ4v) is 3.58. The summed E-state index contributed by atoms with van der Waals surface area (Å²) in [5, 5.41) is 3.84. The number of nitrogens with zero attached hydrogens (tertiary/aromatic N) is 4. The summed E-state index contributed by atoms with van der Waals surface area (Å²) in [5.74, 6) is 1.13. The summed E-state index contributed by atoms with van der Waals surface area (Å²) in [5.41, 5.74) is -0.752. The Balaban J connectivity index is 1.62. The molecule has 1 aromatic rings. The molecule has 3 heterocycles. The quantitative estimate of drug-likeness (QED) is 0.781. The molecule has 0 N–H and O–H groups in total. The normalized spacial score (nSPS) is 23.9. The van der Waals surface area contributed by atoms with E-state index in [0.29, 0.717) is 63.8 Å². The largest absolute Gasteiger partial charge is 0.378 e. The van der Waals surface area contributed by atoms with E-state index in [1.165, 1.54) is 0 Å². The molecule has 8 heteroatoms. The molecule has 0 spiro atoms. The molecule has 0 aromatic carbocycles. The van der Waals surface area contributed by atoms with Gasteiger partial charge in [-0.3, -0.25) is 9.59 Å². The maximum absolute atomic E-state index is 13.0. The first-order valence-corrected chi connectivity index (χ1v) is 9.03. The standard InChI is InChI=1S/C17H26N4O4/c1-3-13-18-14(25-19-13)5-6-15(22)21-8-4-7-17(21,2)16(23)20-9-11-24-12-10-20/h3-12H2,1-2H3/t17-/m0/s1. The zero-order valence-corrected chi connectivity index (χ0v) is 15.0. The molecule has 1 atom stereocenters. The third kappa shape index (κ3) is 3.68. The Bertz CT molecular complexity index is 626. The number of morpholine rings is 1. The Hall–Kier alpha value is -1.96. The van der Waals surface area contributed by atoms with Crippen molar-refractivity contribution in [3.05, 3.63) is 11.7 Å². The lowest BCUT2D eigenvalue weighted by molar-refractivity contribution is -0.153. The number of carbonyl (C=O) groups is 2. The third-order valence-corrected chi connectivity index (χ3v) is 5.08. The van der Waals surface area contributed by atoms with E-state index in [2.05, 4.69) is 10.1 Å². The summed E-state index contributed by atoms with van der Waals surface area (Å²) < 4.78 is 10.5. The van der Waals surface area contributed by atoms with Crippen molar-refractivity contribution in [2.75, 3.05) is 32.8 Å². The number of rotatable bonds is 5. The fraction of sp³-hybridized carbons (Fsp3) is 0.765. The predicted molar refractivity (Wildman–Crippen MR) is 88.7 cm³/mol. The van der Waals surface area contributed by atoms with E-state index in [4.69, 9.17) is 9.26 Å². The average molecular weight is 350 g/mol. The minimum absolute atomic E-state index is 0.0298. The lowest BCUT2D eigenvalue weighted by Gasteiger charge is -2.39. The molecule has 2 amide bonds. The first kappa shape index (κ1) is 17.8. The number of aryl methyl sites for hydroxylation is 2. The molecule has 8 nitrogen and oxygen atoms in total. The van der Waals surface area contributed by atoms with Gasteiger partial charge in [0.15, 0.2) is 5.82 Å². The topological polar surface area (TPSA) is 88.8 Å². The Morgan fingerprint density at radius 3 is 2.68 bits per heavy atom. The Labute approximate surface area is 147 Å². The minimum Gasteiger partial charge on any atom is -0.378 e. The van der Waals surface area contributed by atoms with Gasteiger partial charge in [0.25, 0.3) is 0 Å². The van der Waals surface area contributed by atoms with Gasteiger partial charge in [0, 0.05) is 38.9 Å². The van der Waals surface area contributed by atoms with Gasteiger partial charge in [-0.2, -0.15) is 4.98 Å². The molecule has 0 bridgehead atoms. The smallest absolute Gasteiger partial charge is 0.248 e. The van der Waals surface area contributed by atoms with Gasteiger partial charge in [0.1, 0.15) is 5.54 Å². The molecular formula is C17H26N4O4. The summed E-state index contributed by atoms with van der Waals surface area (Å²) in [6.07, 6.45) is 2.94. The van der Waals surface area contributed by atoms with Crippen molar-refractivity contribution in [2.24, 2.45) is 0 Å². The molecule has 3 rings (SSSR count). The molecule has 2 fully saturated rings. The van der Waals surface area contributed by atoms with Gasteiger partial charge in [-0.25, -0.2) is 0 Å². The van der Waals surface area contributed by atoms with Gasteiger partial charge in [-0.05, 0) is 19.8 Å². The molecule has 0 aliphatic carbocycles. The summed E-state index contributed by atoms with van der Waals surface area (Å²) in [7, 11) is 0. The second kappa shape index (κ2) is 7.51. The monoisotopic (exact) mass is 350 g/mol. The first-order valence-electron chi connectivity index (χ1n) is 9.03. The van der Waals surface area contributed by atoms with Gasteiger partial charge in [0.05, 0.1) is 13.2 Å². The van der Waals surface area contributed by atoms with Crippen LogP contribution in [0.2, 0.25) is 0 Å². The van der Waals surface area contributed by atoms with Crippen LogP contribution in [0.5, 0.6) is 0 Å². The zero-order valence-electron chi connectivity index (χ0n) is 15.0. The maximum atomic E-state index is 13.0. The Morgan fingerprint density at radius 2 is 2.00 bits per heavy atom. The molecule has 2 aliphatic heterocycles. The number of ether oxygens (including phenoxy) is 1. The molecule has 25 heavy (non-hydrogen) atoms. The van der Waals surface area contributed by atoms with Crippen LogP contribution >= 0.6 is 0 Å². The molecular weight excluding hydrogens is 324 g/mol. The highest BCUT2D eigenvalue weighted by atomic mass is 16.5. The van der Waals surface area contributed by atoms with Crippen molar-refractivity contribution >= 4 is 11.8 Å². The van der Waals surface area contributed by atoms with E-state index >= 15 is 0 Å². The lowest BCUT2D eigenvalue weighted by Crippen LogP contribution is -2.58. The summed E-state index contributed by atoms with van der Waals surface area (Å²) in [6, 6.07) is 0. The van der Waals surface area contributed by atoms with E-state index in [9.17, 15) is 9.59 Å². The SMILES string of the molecule is CCc1noc(CCC(=O)N2CCC[C@@]2(C)C(=O)N2CCOCC2)n1. The number of hydrogen-bond acceptors (Lipinski definition) is 6. The Morgan fingerprint density at radius 1 is 1.24 bits per heavy atom. The molecule has 1 aromatic heterocycles. The fourth-order valence-electron chi connectivity index (χ4n) is 3.58. The van der Waals surface area contributed by atoms with Crippen LogP contribution in [0.25, 0.3) is 0 Å². The number of carbonyl (C=O) groups excluding carboxylic acids is 2. The Kier molecular flexibility index (Phi) is 5.36. The van der Waals surface area contributed by atoms with E-state index in [0.717, 1.165) is 6.42 Å². The molecule has 0 saturated carbocycles. The van der Waals surface area contributed by atoms with Crippen LogP contribution in [-0.2, 0) is 27.2 Å². The summed E-state index contributed by atoms with van der Waals surface area (Å²) in [6.45, 7) is 6.77. The van der Waals surface area contributed by atoms with Crippen molar-refractivity contribution in [3.63, 3.8) is 0 Å². The van der Waals surface area contributed by atoms with E-state index in [1.54, 1.807) is 4.90 Å². The van der Waals surface area contributed by atoms with Crippen LogP contribution in [0.4, 0.5) is 0 Å². The highest BCUT2D eigenvalue weighted by Gasteiger charge is 2.47. The van der Waals surface area contributed by atoms with Crippen LogP contribution in [0.3, 0.4) is 0 Å². The highest BCUT2D eigenvalue weighted by Crippen LogP contribution is 2.32. The van der Waals surface area contributed by atoms with Gasteiger partial charge in [-0.1, -0.05) is 12.1 Å². The highest BCUT2D eigenvalue weighted by molar-refractivity contribution is 5.91. The average Bonchev–Trinajstić information content (AvgIpc) is 3.27. The van der Waals surface area contributed by atoms with Crippen LogP contribution in [0.1, 0.15) is 44.8 Å². The van der Waals surface area contributed by atoms with Gasteiger partial charge in [0.2, 0.25) is 17.7 Å². The number of hydrogen-bond donors (Lipinski definition) is 0. The molecule has 2 aliphatic rings. The van der Waals surface area contributed by atoms with Crippen molar-refractivity contribution in [1.29, 1.82) is 0 Å².